The molecule has 0 aliphatic carbocycles. The summed E-state index contributed by atoms with van der Waals surface area (Å²) in [6, 6.07) is 9.68. The molecule has 8 nitrogen and oxygen atoms in total. The van der Waals surface area contributed by atoms with Gasteiger partial charge in [-0.2, -0.15) is 4.98 Å². The van der Waals surface area contributed by atoms with Gasteiger partial charge in [0.15, 0.2) is 0 Å². The van der Waals surface area contributed by atoms with Crippen molar-refractivity contribution in [3.63, 3.8) is 0 Å². The van der Waals surface area contributed by atoms with Crippen molar-refractivity contribution < 1.29 is 14.3 Å². The summed E-state index contributed by atoms with van der Waals surface area (Å²) in [4.78, 5) is 24.9. The van der Waals surface area contributed by atoms with E-state index in [1.165, 1.54) is 0 Å². The van der Waals surface area contributed by atoms with Crippen molar-refractivity contribution in [2.75, 3.05) is 49.6 Å². The molecule has 0 bridgehead atoms. The first kappa shape index (κ1) is 19.7. The van der Waals surface area contributed by atoms with Crippen LogP contribution in [0.25, 0.3) is 0 Å². The third-order valence-electron chi connectivity index (χ3n) is 4.37. The van der Waals surface area contributed by atoms with Gasteiger partial charge in [0.2, 0.25) is 5.95 Å². The van der Waals surface area contributed by atoms with Crippen LogP contribution in [-0.2, 0) is 4.74 Å². The first-order valence-corrected chi connectivity index (χ1v) is 9.61. The van der Waals surface area contributed by atoms with E-state index in [0.717, 1.165) is 22.9 Å². The largest absolute Gasteiger partial charge is 0.494 e. The highest BCUT2D eigenvalue weighted by molar-refractivity contribution is 5.68. The number of ether oxygens (including phenoxy) is 2. The lowest BCUT2D eigenvalue weighted by atomic mass is 10.3. The van der Waals surface area contributed by atoms with Gasteiger partial charge < -0.3 is 24.6 Å². The van der Waals surface area contributed by atoms with Crippen LogP contribution in [0.3, 0.4) is 0 Å². The van der Waals surface area contributed by atoms with Crippen molar-refractivity contribution in [1.29, 1.82) is 0 Å². The number of nitrogens with one attached hydrogen (secondary N) is 1. The van der Waals surface area contributed by atoms with Crippen molar-refractivity contribution in [3.05, 3.63) is 36.0 Å². The summed E-state index contributed by atoms with van der Waals surface area (Å²) < 4.78 is 10.5. The van der Waals surface area contributed by atoms with Crippen LogP contribution in [0, 0.1) is 6.92 Å². The summed E-state index contributed by atoms with van der Waals surface area (Å²) in [5.41, 5.74) is 1.81. The molecule has 1 aromatic heterocycles. The fraction of sp³-hybridized carbons (Fsp3) is 0.450. The Labute approximate surface area is 165 Å². The summed E-state index contributed by atoms with van der Waals surface area (Å²) in [6.45, 7) is 9.29. The second kappa shape index (κ2) is 9.25. The average molecular weight is 385 g/mol. The summed E-state index contributed by atoms with van der Waals surface area (Å²) in [5.74, 6) is 2.24. The second-order valence-electron chi connectivity index (χ2n) is 6.45. The molecule has 1 aliphatic heterocycles. The standard InChI is InChI=1S/C20H27N5O3/c1-4-27-17-8-6-16(7-9-17)22-18-14-15(3)21-19(23-18)24-10-12-25(13-11-24)20(26)28-5-2/h6-9,14H,4-5,10-13H2,1-3H3,(H,21,22,23). The normalized spacial score (nSPS) is 14.0. The van der Waals surface area contributed by atoms with Gasteiger partial charge in [0.25, 0.3) is 0 Å². The summed E-state index contributed by atoms with van der Waals surface area (Å²) in [7, 11) is 0. The molecule has 0 atom stereocenters. The number of aryl methyl sites for hydroxylation is 1. The average Bonchev–Trinajstić information content (AvgIpc) is 2.69. The van der Waals surface area contributed by atoms with Crippen molar-refractivity contribution in [2.24, 2.45) is 0 Å². The number of amides is 1. The molecule has 0 unspecified atom stereocenters. The van der Waals surface area contributed by atoms with Gasteiger partial charge in [-0.3, -0.25) is 0 Å². The Kier molecular flexibility index (Phi) is 6.52. The van der Waals surface area contributed by atoms with E-state index < -0.39 is 0 Å². The van der Waals surface area contributed by atoms with Crippen LogP contribution >= 0.6 is 0 Å². The summed E-state index contributed by atoms with van der Waals surface area (Å²) >= 11 is 0. The molecule has 1 N–H and O–H groups in total. The first-order chi connectivity index (χ1) is 13.6. The van der Waals surface area contributed by atoms with Crippen LogP contribution in [0.4, 0.5) is 22.2 Å². The lowest BCUT2D eigenvalue weighted by Crippen LogP contribution is -2.49. The molecule has 2 heterocycles. The molecule has 0 saturated carbocycles. The van der Waals surface area contributed by atoms with E-state index in [1.807, 2.05) is 51.1 Å². The Balaban J connectivity index is 1.66. The molecule has 1 saturated heterocycles. The Morgan fingerprint density at radius 1 is 1.07 bits per heavy atom. The molecule has 1 fully saturated rings. The van der Waals surface area contributed by atoms with E-state index in [1.54, 1.807) is 4.90 Å². The SMILES string of the molecule is CCOC(=O)N1CCN(c2nc(C)cc(Nc3ccc(OCC)cc3)n2)CC1. The number of aromatic nitrogens is 2. The molecule has 0 spiro atoms. The fourth-order valence-corrected chi connectivity index (χ4v) is 3.01. The highest BCUT2D eigenvalue weighted by Gasteiger charge is 2.23. The van der Waals surface area contributed by atoms with E-state index in [0.29, 0.717) is 45.3 Å². The van der Waals surface area contributed by atoms with Crippen LogP contribution in [0.5, 0.6) is 5.75 Å². The van der Waals surface area contributed by atoms with Gasteiger partial charge in [-0.05, 0) is 45.0 Å². The zero-order chi connectivity index (χ0) is 19.9. The Bertz CT molecular complexity index is 789. The van der Waals surface area contributed by atoms with E-state index in [9.17, 15) is 4.79 Å². The molecule has 3 rings (SSSR count). The summed E-state index contributed by atoms with van der Waals surface area (Å²) in [6.07, 6.45) is -0.259. The predicted octanol–water partition coefficient (Wildman–Crippen LogP) is 3.21. The highest BCUT2D eigenvalue weighted by atomic mass is 16.6. The molecule has 0 radical (unpaired) electrons. The Morgan fingerprint density at radius 2 is 1.79 bits per heavy atom. The molecule has 1 aromatic carbocycles. The van der Waals surface area contributed by atoms with Crippen LogP contribution in [0.2, 0.25) is 0 Å². The molecule has 1 aliphatic rings. The maximum Gasteiger partial charge on any atom is 0.409 e. The van der Waals surface area contributed by atoms with E-state index >= 15 is 0 Å². The van der Waals surface area contributed by atoms with E-state index in [-0.39, 0.29) is 6.09 Å². The van der Waals surface area contributed by atoms with Gasteiger partial charge in [0, 0.05) is 43.6 Å². The zero-order valence-electron chi connectivity index (χ0n) is 16.6. The van der Waals surface area contributed by atoms with Crippen molar-refractivity contribution >= 4 is 23.5 Å². The second-order valence-corrected chi connectivity index (χ2v) is 6.45. The topological polar surface area (TPSA) is 79.8 Å². The monoisotopic (exact) mass is 385 g/mol. The Hall–Kier alpha value is -3.03. The number of hydrogen-bond donors (Lipinski definition) is 1. The van der Waals surface area contributed by atoms with Gasteiger partial charge >= 0.3 is 6.09 Å². The Morgan fingerprint density at radius 3 is 2.43 bits per heavy atom. The van der Waals surface area contributed by atoms with Crippen molar-refractivity contribution in [3.8, 4) is 5.75 Å². The quantitative estimate of drug-likeness (QED) is 0.818. The number of benzene rings is 1. The predicted molar refractivity (Wildman–Crippen MR) is 108 cm³/mol. The third kappa shape index (κ3) is 5.03. The lowest BCUT2D eigenvalue weighted by molar-refractivity contribution is 0.105. The highest BCUT2D eigenvalue weighted by Crippen LogP contribution is 2.21. The number of carbonyl (C=O) groups is 1. The molecule has 28 heavy (non-hydrogen) atoms. The van der Waals surface area contributed by atoms with Gasteiger partial charge in [-0.15, -0.1) is 0 Å². The van der Waals surface area contributed by atoms with Crippen LogP contribution < -0.4 is 15.0 Å². The number of anilines is 3. The minimum atomic E-state index is -0.259. The third-order valence-corrected chi connectivity index (χ3v) is 4.37. The van der Waals surface area contributed by atoms with Crippen LogP contribution in [0.15, 0.2) is 30.3 Å². The van der Waals surface area contributed by atoms with Crippen LogP contribution in [-0.4, -0.2) is 60.4 Å². The number of carbonyl (C=O) groups excluding carboxylic acids is 1. The minimum Gasteiger partial charge on any atom is -0.494 e. The fourth-order valence-electron chi connectivity index (χ4n) is 3.01. The molecular formula is C20H27N5O3. The first-order valence-electron chi connectivity index (χ1n) is 9.61. The molecule has 1 amide bonds. The molecule has 2 aromatic rings. The molecule has 8 heteroatoms. The van der Waals surface area contributed by atoms with E-state index in [2.05, 4.69) is 20.2 Å². The summed E-state index contributed by atoms with van der Waals surface area (Å²) in [5, 5.41) is 3.32. The molecule has 150 valence electrons. The smallest absolute Gasteiger partial charge is 0.409 e. The maximum atomic E-state index is 11.9. The number of rotatable bonds is 6. The van der Waals surface area contributed by atoms with Gasteiger partial charge in [-0.25, -0.2) is 9.78 Å². The van der Waals surface area contributed by atoms with E-state index in [4.69, 9.17) is 9.47 Å². The van der Waals surface area contributed by atoms with Gasteiger partial charge in [0.1, 0.15) is 11.6 Å². The number of piperazine rings is 1. The number of nitrogens with zero attached hydrogens (tertiary/aromatic N) is 4. The zero-order valence-corrected chi connectivity index (χ0v) is 16.6. The van der Waals surface area contributed by atoms with Crippen molar-refractivity contribution in [1.82, 2.24) is 14.9 Å². The van der Waals surface area contributed by atoms with Gasteiger partial charge in [-0.1, -0.05) is 0 Å². The van der Waals surface area contributed by atoms with Crippen LogP contribution in [0.1, 0.15) is 19.5 Å². The lowest BCUT2D eigenvalue weighted by Gasteiger charge is -2.34. The van der Waals surface area contributed by atoms with Gasteiger partial charge in [0.05, 0.1) is 13.2 Å². The maximum absolute atomic E-state index is 11.9. The van der Waals surface area contributed by atoms with Crippen molar-refractivity contribution in [2.45, 2.75) is 20.8 Å². The minimum absolute atomic E-state index is 0.259. The molecular weight excluding hydrogens is 358 g/mol. The number of hydrogen-bond acceptors (Lipinski definition) is 7.